The van der Waals surface area contributed by atoms with Gasteiger partial charge in [0, 0.05) is 88.7 Å². The zero-order chi connectivity index (χ0) is 22.4. The normalized spacial score (nSPS) is 35.7. The maximum Gasteiger partial charge on any atom is 0.397 e. The van der Waals surface area contributed by atoms with Crippen LogP contribution in [0.5, 0.6) is 0 Å². The predicted octanol–water partition coefficient (Wildman–Crippen LogP) is -5.02. The molecular weight excluding hydrogens is 531 g/mol. The molecule has 16 nitrogen and oxygen atoms in total. The summed E-state index contributed by atoms with van der Waals surface area (Å²) in [5, 5.41) is 29.6. The minimum atomic E-state index is -5.17. The van der Waals surface area contributed by atoms with Crippen LogP contribution in [0.25, 0.3) is 0 Å². The summed E-state index contributed by atoms with van der Waals surface area (Å²) >= 11 is 0. The SMILES string of the molecule is O=C(O)C1=C[C@H](O)[C@@H](OS(=O)(=O)O)[C@H](O[C@H]2[C@H](O)[C@@H](NS(=O)(=O)O)[C@@H]3OC[C@H]2O3)O1.[Na].[Na].[Na]. The van der Waals surface area contributed by atoms with Gasteiger partial charge in [0.15, 0.2) is 12.4 Å². The van der Waals surface area contributed by atoms with Gasteiger partial charge in [-0.1, -0.05) is 0 Å². The molecule has 3 aliphatic heterocycles. The van der Waals surface area contributed by atoms with E-state index in [1.807, 2.05) is 0 Å². The molecule has 21 heteroatoms. The monoisotopic (exact) mass is 548 g/mol. The third-order valence-electron chi connectivity index (χ3n) is 4.29. The Bertz CT molecular complexity index is 930. The number of ether oxygens (including phenoxy) is 4. The first-order chi connectivity index (χ1) is 13.7. The second kappa shape index (κ2) is 13.4. The Morgan fingerprint density at radius 2 is 1.70 bits per heavy atom. The number of carbonyl (C=O) groups is 1. The van der Waals surface area contributed by atoms with Crippen LogP contribution in [0.4, 0.5) is 0 Å². The van der Waals surface area contributed by atoms with E-state index in [9.17, 15) is 31.8 Å². The number of fused-ring (bicyclic) bond motifs is 2. The zero-order valence-electron chi connectivity index (χ0n) is 17.5. The number of aliphatic hydroxyl groups is 2. The van der Waals surface area contributed by atoms with Gasteiger partial charge in [0.2, 0.25) is 12.0 Å². The van der Waals surface area contributed by atoms with Crippen molar-refractivity contribution >= 4 is 115 Å². The molecule has 0 aromatic carbocycles. The summed E-state index contributed by atoms with van der Waals surface area (Å²) in [6.45, 7) is -0.239. The maximum absolute atomic E-state index is 11.2. The first-order valence-corrected chi connectivity index (χ1v) is 10.9. The molecule has 3 aliphatic rings. The molecule has 0 aliphatic carbocycles. The van der Waals surface area contributed by atoms with Crippen LogP contribution in [-0.4, -0.2) is 192 Å². The summed E-state index contributed by atoms with van der Waals surface area (Å²) in [6.07, 6.45) is -11.1. The number of hydrogen-bond acceptors (Lipinski definition) is 12. The first-order valence-electron chi connectivity index (χ1n) is 8.06. The molecule has 2 bridgehead atoms. The summed E-state index contributed by atoms with van der Waals surface area (Å²) in [5.74, 6) is -2.52. The van der Waals surface area contributed by atoms with Crippen LogP contribution in [0.15, 0.2) is 11.8 Å². The number of hydrogen-bond donors (Lipinski definition) is 6. The summed E-state index contributed by atoms with van der Waals surface area (Å²) < 4.78 is 89.0. The molecule has 175 valence electrons. The predicted molar refractivity (Wildman–Crippen MR) is 104 cm³/mol. The third kappa shape index (κ3) is 9.11. The molecule has 0 unspecified atom stereocenters. The smallest absolute Gasteiger partial charge is 0.397 e. The fourth-order valence-electron chi connectivity index (χ4n) is 3.12. The minimum absolute atomic E-state index is 0. The van der Waals surface area contributed by atoms with E-state index in [-0.39, 0.29) is 95.3 Å². The second-order valence-corrected chi connectivity index (χ2v) is 8.62. The Kier molecular flexibility index (Phi) is 14.0. The maximum atomic E-state index is 11.2. The van der Waals surface area contributed by atoms with Crippen molar-refractivity contribution in [2.24, 2.45) is 0 Å². The average Bonchev–Trinajstić information content (AvgIpc) is 3.02. The van der Waals surface area contributed by atoms with Crippen LogP contribution in [0.2, 0.25) is 0 Å². The van der Waals surface area contributed by atoms with E-state index in [1.54, 1.807) is 4.72 Å². The third-order valence-corrected chi connectivity index (χ3v) is 5.32. The van der Waals surface area contributed by atoms with Gasteiger partial charge in [-0.15, -0.1) is 0 Å². The molecule has 6 N–H and O–H groups in total. The minimum Gasteiger partial charge on any atom is -0.475 e. The fourth-order valence-corrected chi connectivity index (χ4v) is 4.20. The molecule has 3 radical (unpaired) electrons. The van der Waals surface area contributed by atoms with Crippen LogP contribution >= 0.6 is 0 Å². The van der Waals surface area contributed by atoms with Gasteiger partial charge in [0.1, 0.15) is 30.5 Å². The van der Waals surface area contributed by atoms with Gasteiger partial charge >= 0.3 is 26.7 Å². The number of aliphatic carboxylic acids is 1. The Hall–Kier alpha value is 1.55. The van der Waals surface area contributed by atoms with Gasteiger partial charge < -0.3 is 34.3 Å². The van der Waals surface area contributed by atoms with Crippen molar-refractivity contribution in [3.8, 4) is 0 Å². The quantitative estimate of drug-likeness (QED) is 0.129. The van der Waals surface area contributed by atoms with E-state index >= 15 is 0 Å². The molecule has 0 saturated carbocycles. The Labute approximate surface area is 254 Å². The zero-order valence-corrected chi connectivity index (χ0v) is 25.2. The van der Waals surface area contributed by atoms with E-state index in [2.05, 4.69) is 4.18 Å². The van der Waals surface area contributed by atoms with Gasteiger partial charge in [-0.3, -0.25) is 9.11 Å². The summed E-state index contributed by atoms with van der Waals surface area (Å²) in [4.78, 5) is 11.2. The Balaban J connectivity index is 0.00000341. The van der Waals surface area contributed by atoms with Crippen molar-refractivity contribution in [2.45, 2.75) is 49.1 Å². The van der Waals surface area contributed by atoms with Crippen LogP contribution < -0.4 is 4.72 Å². The first kappa shape index (κ1) is 34.6. The molecule has 33 heavy (non-hydrogen) atoms. The average molecular weight is 548 g/mol. The van der Waals surface area contributed by atoms with E-state index in [0.29, 0.717) is 6.08 Å². The van der Waals surface area contributed by atoms with E-state index in [1.165, 1.54) is 0 Å². The number of carboxylic acid groups (broad SMARTS) is 1. The van der Waals surface area contributed by atoms with Crippen LogP contribution in [0.1, 0.15) is 0 Å². The van der Waals surface area contributed by atoms with Crippen LogP contribution in [0.3, 0.4) is 0 Å². The molecule has 2 saturated heterocycles. The number of aliphatic hydroxyl groups excluding tert-OH is 2. The molecule has 3 heterocycles. The topological polar surface area (TPSA) is 245 Å². The van der Waals surface area contributed by atoms with Crippen molar-refractivity contribution < 1.29 is 69.2 Å². The van der Waals surface area contributed by atoms with Crippen molar-refractivity contribution in [2.75, 3.05) is 6.61 Å². The summed E-state index contributed by atoms with van der Waals surface area (Å²) in [5.41, 5.74) is 0. The second-order valence-electron chi connectivity index (χ2n) is 6.39. The van der Waals surface area contributed by atoms with Crippen molar-refractivity contribution in [1.29, 1.82) is 0 Å². The largest absolute Gasteiger partial charge is 0.475 e. The molecule has 8 atom stereocenters. The van der Waals surface area contributed by atoms with Gasteiger partial charge in [-0.05, 0) is 6.08 Å². The van der Waals surface area contributed by atoms with Crippen molar-refractivity contribution in [3.63, 3.8) is 0 Å². The Morgan fingerprint density at radius 1 is 1.09 bits per heavy atom. The van der Waals surface area contributed by atoms with E-state index in [4.69, 9.17) is 33.2 Å². The summed E-state index contributed by atoms with van der Waals surface area (Å²) in [6, 6.07) is -1.58. The van der Waals surface area contributed by atoms with Crippen molar-refractivity contribution in [1.82, 2.24) is 4.72 Å². The standard InChI is InChI=1S/C12H17NO15S2.3Na/c14-3-1-4(10(16)17)25-12(8(3)28-30(21,22)23)27-9-5-2-24-11(26-5)6(7(9)15)13-29(18,19)20;;;/h1,3,5-9,11-15H,2H2,(H,16,17)(H,18,19,20)(H,21,22,23);;;/t3-,5+,6+,7+,8+,9+,11+,12-;;;/m0.../s1. The molecule has 2 fully saturated rings. The molecular formula is C12H17NNa3O15S2. The molecule has 0 aromatic rings. The van der Waals surface area contributed by atoms with E-state index < -0.39 is 81.6 Å². The molecule has 0 amide bonds. The Morgan fingerprint density at radius 3 is 2.21 bits per heavy atom. The van der Waals surface area contributed by atoms with Crippen LogP contribution in [-0.2, 0) is 48.6 Å². The number of carboxylic acids is 1. The molecule has 3 rings (SSSR count). The number of rotatable bonds is 7. The van der Waals surface area contributed by atoms with E-state index in [0.717, 1.165) is 0 Å². The molecule has 0 spiro atoms. The summed E-state index contributed by atoms with van der Waals surface area (Å²) in [7, 11) is -9.99. The fraction of sp³-hybridized carbons (Fsp3) is 0.750. The van der Waals surface area contributed by atoms with Gasteiger partial charge in [0.25, 0.3) is 0 Å². The van der Waals surface area contributed by atoms with Gasteiger partial charge in [-0.25, -0.2) is 8.98 Å². The number of nitrogens with one attached hydrogen (secondary N) is 1. The van der Waals surface area contributed by atoms with Gasteiger partial charge in [0.05, 0.1) is 6.61 Å². The van der Waals surface area contributed by atoms with Crippen molar-refractivity contribution in [3.05, 3.63) is 11.8 Å². The molecule has 0 aromatic heterocycles. The van der Waals surface area contributed by atoms with Crippen LogP contribution in [0, 0.1) is 0 Å². The van der Waals surface area contributed by atoms with Gasteiger partial charge in [-0.2, -0.15) is 21.6 Å².